The number of hydrogen-bond donors (Lipinski definition) is 1. The third-order valence-corrected chi connectivity index (χ3v) is 5.10. The van der Waals surface area contributed by atoms with Crippen molar-refractivity contribution in [3.8, 4) is 5.69 Å². The van der Waals surface area contributed by atoms with Gasteiger partial charge in [-0.3, -0.25) is 14.2 Å². The molecule has 0 saturated carbocycles. The molecular formula is C23H20F2N4O2. The quantitative estimate of drug-likeness (QED) is 0.540. The first kappa shape index (κ1) is 20.5. The van der Waals surface area contributed by atoms with Crippen molar-refractivity contribution in [2.24, 2.45) is 0 Å². The Morgan fingerprint density at radius 2 is 1.81 bits per heavy atom. The van der Waals surface area contributed by atoms with Gasteiger partial charge in [0.15, 0.2) is 0 Å². The summed E-state index contributed by atoms with van der Waals surface area (Å²) < 4.78 is 30.4. The second-order valence-electron chi connectivity index (χ2n) is 7.44. The van der Waals surface area contributed by atoms with E-state index in [1.165, 1.54) is 33.5 Å². The van der Waals surface area contributed by atoms with E-state index in [1.807, 2.05) is 0 Å². The minimum absolute atomic E-state index is 0.291. The smallest absolute Gasteiger partial charge is 0.252 e. The number of aryl methyl sites for hydroxylation is 3. The third-order valence-electron chi connectivity index (χ3n) is 5.10. The van der Waals surface area contributed by atoms with Gasteiger partial charge in [-0.1, -0.05) is 12.1 Å². The number of halogens is 2. The van der Waals surface area contributed by atoms with Crippen molar-refractivity contribution in [1.82, 2.24) is 14.3 Å². The van der Waals surface area contributed by atoms with Crippen LogP contribution in [-0.4, -0.2) is 20.3 Å². The van der Waals surface area contributed by atoms with Crippen LogP contribution in [0.1, 0.15) is 16.8 Å². The molecule has 158 valence electrons. The zero-order chi connectivity index (χ0) is 22.3. The van der Waals surface area contributed by atoms with Gasteiger partial charge in [0.05, 0.1) is 11.4 Å². The van der Waals surface area contributed by atoms with Crippen LogP contribution in [0.2, 0.25) is 0 Å². The first-order valence-corrected chi connectivity index (χ1v) is 9.66. The van der Waals surface area contributed by atoms with Crippen LogP contribution in [0.3, 0.4) is 0 Å². The molecule has 2 aromatic heterocycles. The highest BCUT2D eigenvalue weighted by molar-refractivity contribution is 5.92. The van der Waals surface area contributed by atoms with Gasteiger partial charge >= 0.3 is 0 Å². The second kappa shape index (κ2) is 7.79. The summed E-state index contributed by atoms with van der Waals surface area (Å²) in [5.74, 6) is -1.38. The van der Waals surface area contributed by atoms with Gasteiger partial charge in [0, 0.05) is 17.1 Å². The van der Waals surface area contributed by atoms with Crippen LogP contribution in [-0.2, 0) is 11.3 Å². The normalized spacial score (nSPS) is 11.1. The first-order chi connectivity index (χ1) is 14.7. The number of aromatic nitrogens is 3. The minimum Gasteiger partial charge on any atom is -0.324 e. The molecule has 0 unspecified atom stereocenters. The average Bonchev–Trinajstić information content (AvgIpc) is 3.06. The lowest BCUT2D eigenvalue weighted by atomic mass is 10.1. The Kier molecular flexibility index (Phi) is 5.14. The summed E-state index contributed by atoms with van der Waals surface area (Å²) in [5.41, 5.74) is 2.52. The molecule has 31 heavy (non-hydrogen) atoms. The van der Waals surface area contributed by atoms with Crippen molar-refractivity contribution in [2.45, 2.75) is 27.3 Å². The predicted octanol–water partition coefficient (Wildman–Crippen LogP) is 4.03. The van der Waals surface area contributed by atoms with E-state index in [0.29, 0.717) is 39.2 Å². The Morgan fingerprint density at radius 1 is 1.03 bits per heavy atom. The predicted molar refractivity (Wildman–Crippen MR) is 115 cm³/mol. The Bertz CT molecular complexity index is 1390. The number of fused-ring (bicyclic) bond motifs is 1. The van der Waals surface area contributed by atoms with E-state index < -0.39 is 23.1 Å². The Hall–Kier alpha value is -3.81. The van der Waals surface area contributed by atoms with Gasteiger partial charge in [-0.15, -0.1) is 0 Å². The van der Waals surface area contributed by atoms with Crippen LogP contribution in [0.25, 0.3) is 16.7 Å². The van der Waals surface area contributed by atoms with Gasteiger partial charge in [-0.25, -0.2) is 13.5 Å². The highest BCUT2D eigenvalue weighted by Crippen LogP contribution is 2.24. The molecule has 0 bridgehead atoms. The van der Waals surface area contributed by atoms with Crippen molar-refractivity contribution >= 4 is 22.6 Å². The lowest BCUT2D eigenvalue weighted by molar-refractivity contribution is -0.116. The van der Waals surface area contributed by atoms with Crippen LogP contribution in [0.15, 0.2) is 53.3 Å². The monoisotopic (exact) mass is 422 g/mol. The number of nitrogens with zero attached hydrogens (tertiary/aromatic N) is 3. The fourth-order valence-electron chi connectivity index (χ4n) is 3.62. The number of nitrogens with one attached hydrogen (secondary N) is 1. The molecule has 1 amide bonds. The number of amides is 1. The maximum atomic E-state index is 13.8. The van der Waals surface area contributed by atoms with Crippen LogP contribution in [0.5, 0.6) is 0 Å². The highest BCUT2D eigenvalue weighted by atomic mass is 19.1. The zero-order valence-electron chi connectivity index (χ0n) is 17.2. The first-order valence-electron chi connectivity index (χ1n) is 9.66. The number of pyridine rings is 1. The fraction of sp³-hybridized carbons (Fsp3) is 0.174. The summed E-state index contributed by atoms with van der Waals surface area (Å²) in [6.07, 6.45) is 0. The van der Waals surface area contributed by atoms with Gasteiger partial charge in [0.1, 0.15) is 23.8 Å². The Morgan fingerprint density at radius 3 is 2.52 bits per heavy atom. The van der Waals surface area contributed by atoms with E-state index in [1.54, 1.807) is 45.0 Å². The number of benzene rings is 2. The van der Waals surface area contributed by atoms with Crippen LogP contribution >= 0.6 is 0 Å². The molecule has 0 radical (unpaired) electrons. The zero-order valence-corrected chi connectivity index (χ0v) is 17.2. The molecular weight excluding hydrogens is 402 g/mol. The van der Waals surface area contributed by atoms with Crippen molar-refractivity contribution in [3.63, 3.8) is 0 Å². The molecule has 0 fully saturated rings. The lowest BCUT2D eigenvalue weighted by Gasteiger charge is -2.13. The van der Waals surface area contributed by atoms with Crippen molar-refractivity contribution in [3.05, 3.63) is 87.3 Å². The number of anilines is 1. The molecule has 0 atom stereocenters. The van der Waals surface area contributed by atoms with Gasteiger partial charge < -0.3 is 5.32 Å². The average molecular weight is 422 g/mol. The summed E-state index contributed by atoms with van der Waals surface area (Å²) in [6.45, 7) is 4.88. The Labute approximate surface area is 176 Å². The van der Waals surface area contributed by atoms with Crippen LogP contribution in [0, 0.1) is 32.4 Å². The van der Waals surface area contributed by atoms with Gasteiger partial charge in [0.25, 0.3) is 5.56 Å². The molecule has 0 aliphatic heterocycles. The molecule has 2 heterocycles. The van der Waals surface area contributed by atoms with Gasteiger partial charge in [-0.2, -0.15) is 5.10 Å². The second-order valence-corrected chi connectivity index (χ2v) is 7.44. The fourth-order valence-corrected chi connectivity index (χ4v) is 3.62. The molecule has 0 spiro atoms. The highest BCUT2D eigenvalue weighted by Gasteiger charge is 2.19. The standard InChI is InChI=1S/C23H20F2N4O2/c1-13-7-8-17(11-19(13)25)26-20(30)12-28-21(31)9-14(2)22-15(3)27-29(23(22)28)18-6-4-5-16(24)10-18/h4-11H,12H2,1-3H3,(H,26,30). The van der Waals surface area contributed by atoms with Crippen molar-refractivity contribution in [2.75, 3.05) is 5.32 Å². The molecule has 4 aromatic rings. The number of carbonyl (C=O) groups excluding carboxylic acids is 1. The van der Waals surface area contributed by atoms with Crippen LogP contribution in [0.4, 0.5) is 14.5 Å². The molecule has 0 saturated heterocycles. The molecule has 0 aliphatic rings. The minimum atomic E-state index is -0.500. The largest absolute Gasteiger partial charge is 0.324 e. The SMILES string of the molecule is Cc1ccc(NC(=O)Cn2c(=O)cc(C)c3c(C)nn(-c4cccc(F)c4)c32)cc1F. The van der Waals surface area contributed by atoms with Crippen molar-refractivity contribution in [1.29, 1.82) is 0 Å². The number of hydrogen-bond acceptors (Lipinski definition) is 3. The summed E-state index contributed by atoms with van der Waals surface area (Å²) in [6, 6.07) is 11.6. The van der Waals surface area contributed by atoms with Gasteiger partial charge in [-0.05, 0) is 62.2 Å². The Balaban J connectivity index is 1.81. The number of rotatable bonds is 4. The van der Waals surface area contributed by atoms with E-state index in [0.717, 1.165) is 0 Å². The summed E-state index contributed by atoms with van der Waals surface area (Å²) in [5, 5.41) is 7.80. The van der Waals surface area contributed by atoms with E-state index in [2.05, 4.69) is 10.4 Å². The topological polar surface area (TPSA) is 68.9 Å². The maximum Gasteiger partial charge on any atom is 0.252 e. The van der Waals surface area contributed by atoms with Crippen molar-refractivity contribution < 1.29 is 13.6 Å². The lowest BCUT2D eigenvalue weighted by Crippen LogP contribution is -2.29. The van der Waals surface area contributed by atoms with E-state index in [-0.39, 0.29) is 6.54 Å². The molecule has 4 rings (SSSR count). The van der Waals surface area contributed by atoms with E-state index >= 15 is 0 Å². The maximum absolute atomic E-state index is 13.8. The van der Waals surface area contributed by atoms with Gasteiger partial charge in [0.2, 0.25) is 5.91 Å². The summed E-state index contributed by atoms with van der Waals surface area (Å²) >= 11 is 0. The van der Waals surface area contributed by atoms with E-state index in [9.17, 15) is 18.4 Å². The molecule has 1 N–H and O–H groups in total. The van der Waals surface area contributed by atoms with Crippen LogP contribution < -0.4 is 10.9 Å². The molecule has 2 aromatic carbocycles. The molecule has 6 nitrogen and oxygen atoms in total. The third kappa shape index (κ3) is 3.84. The molecule has 0 aliphatic carbocycles. The summed E-state index contributed by atoms with van der Waals surface area (Å²) in [4.78, 5) is 25.5. The van der Waals surface area contributed by atoms with E-state index in [4.69, 9.17) is 0 Å². The number of carbonyl (C=O) groups is 1. The molecule has 8 heteroatoms. The summed E-state index contributed by atoms with van der Waals surface area (Å²) in [7, 11) is 0.